The van der Waals surface area contributed by atoms with Crippen LogP contribution >= 0.6 is 0 Å². The number of carboxylic acids is 1. The number of aromatic carboxylic acids is 1. The van der Waals surface area contributed by atoms with Gasteiger partial charge in [-0.3, -0.25) is 14.3 Å². The number of para-hydroxylation sites is 1. The third-order valence-electron chi connectivity index (χ3n) is 5.52. The second kappa shape index (κ2) is 7.13. The highest BCUT2D eigenvalue weighted by Crippen LogP contribution is 2.26. The quantitative estimate of drug-likeness (QED) is 0.524. The van der Waals surface area contributed by atoms with Crippen molar-refractivity contribution in [2.24, 2.45) is 5.73 Å². The number of rotatable bonds is 3. The third kappa shape index (κ3) is 3.19. The maximum absolute atomic E-state index is 14.9. The molecule has 1 atom stereocenters. The van der Waals surface area contributed by atoms with Gasteiger partial charge < -0.3 is 15.7 Å². The molecule has 0 bridgehead atoms. The number of nitrogens with two attached hydrogens (primary N) is 1. The number of aromatic nitrogens is 3. The van der Waals surface area contributed by atoms with Gasteiger partial charge in [0, 0.05) is 30.7 Å². The topological polar surface area (TPSA) is 114 Å². The largest absolute Gasteiger partial charge is 0.477 e. The van der Waals surface area contributed by atoms with E-state index in [1.54, 1.807) is 11.1 Å². The van der Waals surface area contributed by atoms with Crippen LogP contribution in [0.15, 0.2) is 53.6 Å². The van der Waals surface area contributed by atoms with Crippen LogP contribution < -0.4 is 16.1 Å². The molecule has 156 valence electrons. The first kappa shape index (κ1) is 19.1. The summed E-state index contributed by atoms with van der Waals surface area (Å²) in [6.45, 7) is 0.996. The fraction of sp³-hybridized carbons (Fsp3) is 0.182. The van der Waals surface area contributed by atoms with Crippen molar-refractivity contribution >= 4 is 33.7 Å². The molecule has 0 radical (unpaired) electrons. The fourth-order valence-electron chi connectivity index (χ4n) is 3.96. The van der Waals surface area contributed by atoms with Crippen LogP contribution in [0.2, 0.25) is 0 Å². The van der Waals surface area contributed by atoms with Crippen LogP contribution in [0, 0.1) is 5.82 Å². The number of halogens is 1. The van der Waals surface area contributed by atoms with Crippen molar-refractivity contribution in [1.29, 1.82) is 0 Å². The lowest BCUT2D eigenvalue weighted by atomic mass is 10.1. The predicted octanol–water partition coefficient (Wildman–Crippen LogP) is 2.31. The first-order valence-electron chi connectivity index (χ1n) is 9.77. The zero-order chi connectivity index (χ0) is 21.7. The molecule has 0 saturated carbocycles. The molecule has 4 aromatic rings. The van der Waals surface area contributed by atoms with Crippen LogP contribution in [0.5, 0.6) is 0 Å². The van der Waals surface area contributed by atoms with E-state index in [0.29, 0.717) is 25.2 Å². The zero-order valence-electron chi connectivity index (χ0n) is 16.3. The van der Waals surface area contributed by atoms with Gasteiger partial charge in [0.15, 0.2) is 17.3 Å². The van der Waals surface area contributed by atoms with Crippen LogP contribution in [0.3, 0.4) is 0 Å². The Labute approximate surface area is 175 Å². The molecule has 1 fully saturated rings. The van der Waals surface area contributed by atoms with Gasteiger partial charge in [-0.2, -0.15) is 0 Å². The van der Waals surface area contributed by atoms with Gasteiger partial charge in [0.05, 0.1) is 22.8 Å². The average molecular weight is 419 g/mol. The Morgan fingerprint density at radius 2 is 2.06 bits per heavy atom. The Morgan fingerprint density at radius 1 is 1.26 bits per heavy atom. The molecule has 4 heterocycles. The minimum absolute atomic E-state index is 0.0850. The van der Waals surface area contributed by atoms with Crippen molar-refractivity contribution < 1.29 is 14.3 Å². The monoisotopic (exact) mass is 419 g/mol. The summed E-state index contributed by atoms with van der Waals surface area (Å²) in [5.74, 6) is -2.00. The molecule has 0 aliphatic carbocycles. The number of carboxylic acid groups (broad SMARTS) is 1. The summed E-state index contributed by atoms with van der Waals surface area (Å²) >= 11 is 0. The molecule has 5 rings (SSSR count). The maximum Gasteiger partial charge on any atom is 0.341 e. The molecule has 3 aromatic heterocycles. The number of fused-ring (bicyclic) bond motifs is 2. The van der Waals surface area contributed by atoms with Gasteiger partial charge in [0.2, 0.25) is 5.43 Å². The van der Waals surface area contributed by atoms with E-state index in [2.05, 4.69) is 9.97 Å². The lowest BCUT2D eigenvalue weighted by Crippen LogP contribution is -2.28. The number of anilines is 1. The number of nitrogens with zero attached hydrogens (tertiary/aromatic N) is 4. The predicted molar refractivity (Wildman–Crippen MR) is 114 cm³/mol. The molecule has 1 aliphatic heterocycles. The van der Waals surface area contributed by atoms with Crippen molar-refractivity contribution in [3.05, 3.63) is 70.4 Å². The van der Waals surface area contributed by atoms with Gasteiger partial charge >= 0.3 is 5.97 Å². The Bertz CT molecular complexity index is 1420. The summed E-state index contributed by atoms with van der Waals surface area (Å²) in [5, 5.41) is 10.2. The molecule has 31 heavy (non-hydrogen) atoms. The smallest absolute Gasteiger partial charge is 0.341 e. The molecule has 1 aliphatic rings. The number of benzene rings is 1. The maximum atomic E-state index is 14.9. The standard InChI is InChI=1S/C22H18FN5O3/c23-17-8-15-19(29)16(22(30)31)11-28(14-7-12-3-1-2-4-18(12)25-9-14)20(15)26-21(17)27-6-5-13(24)10-27/h1-4,7-9,11,13H,5-6,10,24H2,(H,30,31)/t13-/m0/s1. The van der Waals surface area contributed by atoms with Gasteiger partial charge in [0.1, 0.15) is 5.56 Å². The second-order valence-electron chi connectivity index (χ2n) is 7.59. The second-order valence-corrected chi connectivity index (χ2v) is 7.59. The molecular formula is C22H18FN5O3. The van der Waals surface area contributed by atoms with Crippen LogP contribution in [-0.2, 0) is 0 Å². The van der Waals surface area contributed by atoms with E-state index in [-0.39, 0.29) is 22.9 Å². The SMILES string of the molecule is N[C@H]1CCN(c2nc3c(cc2F)c(=O)c(C(=O)O)cn3-c2cnc3ccccc3c2)C1. The minimum atomic E-state index is -1.40. The summed E-state index contributed by atoms with van der Waals surface area (Å²) in [5.41, 5.74) is 6.12. The van der Waals surface area contributed by atoms with Crippen LogP contribution in [-0.4, -0.2) is 44.7 Å². The molecule has 0 spiro atoms. The minimum Gasteiger partial charge on any atom is -0.477 e. The molecule has 9 heteroatoms. The Kier molecular flexibility index (Phi) is 4.40. The van der Waals surface area contributed by atoms with E-state index in [0.717, 1.165) is 17.0 Å². The first-order valence-corrected chi connectivity index (χ1v) is 9.77. The summed E-state index contributed by atoms with van der Waals surface area (Å²) in [7, 11) is 0. The van der Waals surface area contributed by atoms with E-state index in [1.165, 1.54) is 10.8 Å². The lowest BCUT2D eigenvalue weighted by Gasteiger charge is -2.19. The highest BCUT2D eigenvalue weighted by Gasteiger charge is 2.25. The molecule has 1 saturated heterocycles. The third-order valence-corrected chi connectivity index (χ3v) is 5.52. The molecule has 0 amide bonds. The molecule has 0 unspecified atom stereocenters. The summed E-state index contributed by atoms with van der Waals surface area (Å²) in [6, 6.07) is 10.2. The average Bonchev–Trinajstić information content (AvgIpc) is 3.19. The van der Waals surface area contributed by atoms with E-state index < -0.39 is 22.8 Å². The van der Waals surface area contributed by atoms with Crippen LogP contribution in [0.25, 0.3) is 27.6 Å². The molecular weight excluding hydrogens is 401 g/mol. The number of hydrogen-bond donors (Lipinski definition) is 2. The Hall–Kier alpha value is -3.85. The Morgan fingerprint density at radius 3 is 2.81 bits per heavy atom. The van der Waals surface area contributed by atoms with Gasteiger partial charge in [-0.25, -0.2) is 14.2 Å². The van der Waals surface area contributed by atoms with Crippen molar-refractivity contribution in [2.45, 2.75) is 12.5 Å². The Balaban J connectivity index is 1.81. The van der Waals surface area contributed by atoms with E-state index in [1.807, 2.05) is 30.3 Å². The highest BCUT2D eigenvalue weighted by atomic mass is 19.1. The van der Waals surface area contributed by atoms with Gasteiger partial charge in [-0.1, -0.05) is 18.2 Å². The van der Waals surface area contributed by atoms with Crippen LogP contribution in [0.1, 0.15) is 16.8 Å². The molecule has 3 N–H and O–H groups in total. The van der Waals surface area contributed by atoms with Crippen molar-refractivity contribution in [3.63, 3.8) is 0 Å². The van der Waals surface area contributed by atoms with Crippen LogP contribution in [0.4, 0.5) is 10.2 Å². The van der Waals surface area contributed by atoms with Gasteiger partial charge in [0.25, 0.3) is 0 Å². The summed E-state index contributed by atoms with van der Waals surface area (Å²) in [6.07, 6.45) is 3.48. The van der Waals surface area contributed by atoms with Gasteiger partial charge in [-0.05, 0) is 24.6 Å². The number of hydrogen-bond acceptors (Lipinski definition) is 6. The first-order chi connectivity index (χ1) is 14.9. The molecule has 8 nitrogen and oxygen atoms in total. The lowest BCUT2D eigenvalue weighted by molar-refractivity contribution is 0.0695. The summed E-state index contributed by atoms with van der Waals surface area (Å²) < 4.78 is 16.4. The number of pyridine rings is 3. The number of carbonyl (C=O) groups is 1. The summed E-state index contributed by atoms with van der Waals surface area (Å²) in [4.78, 5) is 35.0. The van der Waals surface area contributed by atoms with E-state index in [4.69, 9.17) is 5.73 Å². The van der Waals surface area contributed by atoms with Crippen molar-refractivity contribution in [2.75, 3.05) is 18.0 Å². The fourth-order valence-corrected chi connectivity index (χ4v) is 3.96. The van der Waals surface area contributed by atoms with E-state index in [9.17, 15) is 19.1 Å². The van der Waals surface area contributed by atoms with Gasteiger partial charge in [-0.15, -0.1) is 0 Å². The normalized spacial score (nSPS) is 16.3. The highest BCUT2D eigenvalue weighted by molar-refractivity contribution is 5.93. The van der Waals surface area contributed by atoms with E-state index >= 15 is 0 Å². The van der Waals surface area contributed by atoms with Crippen molar-refractivity contribution in [1.82, 2.24) is 14.5 Å². The zero-order valence-corrected chi connectivity index (χ0v) is 16.3. The molecule has 1 aromatic carbocycles. The van der Waals surface area contributed by atoms with Crippen molar-refractivity contribution in [3.8, 4) is 5.69 Å².